The van der Waals surface area contributed by atoms with Crippen molar-refractivity contribution in [2.45, 2.75) is 19.6 Å². The Morgan fingerprint density at radius 2 is 2.06 bits per heavy atom. The zero-order valence-corrected chi connectivity index (χ0v) is 11.0. The van der Waals surface area contributed by atoms with Crippen molar-refractivity contribution in [3.8, 4) is 0 Å². The standard InChI is InChI=1S/C12H14N2O3S/c1-9-4-3-5-11(6-9)8-18(15,16)14-12-7-10(2)17-13-12/h3-7H,8H2,1-2H3,(H,13,14). The molecule has 96 valence electrons. The second-order valence-electron chi connectivity index (χ2n) is 4.17. The first-order chi connectivity index (χ1) is 8.44. The van der Waals surface area contributed by atoms with Gasteiger partial charge in [0.15, 0.2) is 5.82 Å². The molecule has 6 heteroatoms. The first kappa shape index (κ1) is 12.6. The fraction of sp³-hybridized carbons (Fsp3) is 0.250. The molecule has 0 saturated carbocycles. The zero-order valence-electron chi connectivity index (χ0n) is 10.2. The van der Waals surface area contributed by atoms with Crippen LogP contribution in [0.15, 0.2) is 34.9 Å². The van der Waals surface area contributed by atoms with Gasteiger partial charge in [-0.1, -0.05) is 35.0 Å². The molecule has 1 N–H and O–H groups in total. The topological polar surface area (TPSA) is 72.2 Å². The van der Waals surface area contributed by atoms with Gasteiger partial charge in [-0.2, -0.15) is 0 Å². The quantitative estimate of drug-likeness (QED) is 0.921. The number of nitrogens with one attached hydrogen (secondary N) is 1. The van der Waals surface area contributed by atoms with Gasteiger partial charge >= 0.3 is 0 Å². The highest BCUT2D eigenvalue weighted by Gasteiger charge is 2.13. The Hall–Kier alpha value is -1.82. The summed E-state index contributed by atoms with van der Waals surface area (Å²) in [4.78, 5) is 0. The molecule has 0 bridgehead atoms. The molecule has 0 saturated heterocycles. The number of aryl methyl sites for hydroxylation is 2. The average Bonchev–Trinajstić information content (AvgIpc) is 2.62. The van der Waals surface area contributed by atoms with E-state index in [2.05, 4.69) is 9.88 Å². The normalized spacial score (nSPS) is 11.4. The van der Waals surface area contributed by atoms with Crippen LogP contribution in [0.5, 0.6) is 0 Å². The van der Waals surface area contributed by atoms with Gasteiger partial charge in [-0.05, 0) is 19.4 Å². The number of nitrogens with zero attached hydrogens (tertiary/aromatic N) is 1. The lowest BCUT2D eigenvalue weighted by Gasteiger charge is -2.05. The Balaban J connectivity index is 2.12. The SMILES string of the molecule is Cc1cccc(CS(=O)(=O)Nc2cc(C)on2)c1. The summed E-state index contributed by atoms with van der Waals surface area (Å²) in [6, 6.07) is 8.91. The van der Waals surface area contributed by atoms with Crippen LogP contribution < -0.4 is 4.72 Å². The molecule has 0 aliphatic rings. The van der Waals surface area contributed by atoms with Gasteiger partial charge in [0, 0.05) is 6.07 Å². The smallest absolute Gasteiger partial charge is 0.238 e. The third kappa shape index (κ3) is 3.33. The van der Waals surface area contributed by atoms with Gasteiger partial charge in [0.2, 0.25) is 10.0 Å². The minimum Gasteiger partial charge on any atom is -0.360 e. The predicted molar refractivity (Wildman–Crippen MR) is 68.7 cm³/mol. The van der Waals surface area contributed by atoms with Gasteiger partial charge in [-0.3, -0.25) is 4.72 Å². The lowest BCUT2D eigenvalue weighted by molar-refractivity contribution is 0.400. The number of hydrogen-bond acceptors (Lipinski definition) is 4. The molecule has 2 aromatic rings. The van der Waals surface area contributed by atoms with Crippen molar-refractivity contribution in [2.75, 3.05) is 4.72 Å². The molecule has 0 aliphatic carbocycles. The highest BCUT2D eigenvalue weighted by atomic mass is 32.2. The molecule has 0 unspecified atom stereocenters. The molecule has 18 heavy (non-hydrogen) atoms. The van der Waals surface area contributed by atoms with Crippen LogP contribution in [0.1, 0.15) is 16.9 Å². The molecule has 0 atom stereocenters. The lowest BCUT2D eigenvalue weighted by Crippen LogP contribution is -2.15. The van der Waals surface area contributed by atoms with Crippen LogP contribution in [0, 0.1) is 13.8 Å². The van der Waals surface area contributed by atoms with Crippen molar-refractivity contribution in [2.24, 2.45) is 0 Å². The number of aromatic nitrogens is 1. The molecule has 0 aliphatic heterocycles. The Morgan fingerprint density at radius 3 is 2.67 bits per heavy atom. The van der Waals surface area contributed by atoms with E-state index in [1.54, 1.807) is 13.0 Å². The van der Waals surface area contributed by atoms with Crippen LogP contribution in [0.2, 0.25) is 0 Å². The second kappa shape index (κ2) is 4.81. The van der Waals surface area contributed by atoms with E-state index >= 15 is 0 Å². The van der Waals surface area contributed by atoms with Gasteiger partial charge in [0.25, 0.3) is 0 Å². The summed E-state index contributed by atoms with van der Waals surface area (Å²) in [5.74, 6) is 0.684. The molecular formula is C12H14N2O3S. The van der Waals surface area contributed by atoms with Crippen molar-refractivity contribution >= 4 is 15.8 Å². The molecule has 0 radical (unpaired) electrons. The summed E-state index contributed by atoms with van der Waals surface area (Å²) in [5.41, 5.74) is 1.77. The van der Waals surface area contributed by atoms with Crippen LogP contribution in [0.25, 0.3) is 0 Å². The third-order valence-electron chi connectivity index (χ3n) is 2.33. The van der Waals surface area contributed by atoms with Crippen molar-refractivity contribution in [1.82, 2.24) is 5.16 Å². The monoisotopic (exact) mass is 266 g/mol. The Labute approximate surface area is 106 Å². The molecule has 5 nitrogen and oxygen atoms in total. The van der Waals surface area contributed by atoms with Crippen LogP contribution in [0.4, 0.5) is 5.82 Å². The number of benzene rings is 1. The Morgan fingerprint density at radius 1 is 1.28 bits per heavy atom. The van der Waals surface area contributed by atoms with Crippen molar-refractivity contribution in [3.63, 3.8) is 0 Å². The third-order valence-corrected chi connectivity index (χ3v) is 3.56. The molecular weight excluding hydrogens is 252 g/mol. The average molecular weight is 266 g/mol. The van der Waals surface area contributed by atoms with Gasteiger partial charge in [0.1, 0.15) is 5.76 Å². The summed E-state index contributed by atoms with van der Waals surface area (Å²) in [6.45, 7) is 3.62. The number of rotatable bonds is 4. The van der Waals surface area contributed by atoms with Crippen LogP contribution >= 0.6 is 0 Å². The first-order valence-corrected chi connectivity index (χ1v) is 7.09. The number of anilines is 1. The molecule has 1 aromatic carbocycles. The van der Waals surface area contributed by atoms with Crippen molar-refractivity contribution in [1.29, 1.82) is 0 Å². The van der Waals surface area contributed by atoms with E-state index in [1.165, 1.54) is 6.07 Å². The summed E-state index contributed by atoms with van der Waals surface area (Å²) >= 11 is 0. The number of hydrogen-bond donors (Lipinski definition) is 1. The van der Waals surface area contributed by atoms with E-state index < -0.39 is 10.0 Å². The Bertz CT molecular complexity index is 647. The fourth-order valence-electron chi connectivity index (χ4n) is 1.63. The van der Waals surface area contributed by atoms with E-state index in [0.717, 1.165) is 11.1 Å². The van der Waals surface area contributed by atoms with E-state index in [-0.39, 0.29) is 11.6 Å². The minimum absolute atomic E-state index is 0.0828. The van der Waals surface area contributed by atoms with Crippen LogP contribution in [0.3, 0.4) is 0 Å². The molecule has 2 rings (SSSR count). The molecule has 0 amide bonds. The highest BCUT2D eigenvalue weighted by Crippen LogP contribution is 2.13. The lowest BCUT2D eigenvalue weighted by atomic mass is 10.2. The van der Waals surface area contributed by atoms with E-state index in [0.29, 0.717) is 5.76 Å². The molecule has 0 spiro atoms. The van der Waals surface area contributed by atoms with E-state index in [1.807, 2.05) is 25.1 Å². The van der Waals surface area contributed by atoms with Crippen molar-refractivity contribution < 1.29 is 12.9 Å². The van der Waals surface area contributed by atoms with E-state index in [9.17, 15) is 8.42 Å². The zero-order chi connectivity index (χ0) is 13.2. The second-order valence-corrected chi connectivity index (χ2v) is 5.90. The van der Waals surface area contributed by atoms with Crippen LogP contribution in [-0.4, -0.2) is 13.6 Å². The summed E-state index contributed by atoms with van der Waals surface area (Å²) in [6.07, 6.45) is 0. The Kier molecular flexibility index (Phi) is 3.38. The molecule has 1 heterocycles. The highest BCUT2D eigenvalue weighted by molar-refractivity contribution is 7.91. The summed E-state index contributed by atoms with van der Waals surface area (Å²) in [5, 5.41) is 3.59. The van der Waals surface area contributed by atoms with Gasteiger partial charge in [-0.25, -0.2) is 8.42 Å². The van der Waals surface area contributed by atoms with Crippen molar-refractivity contribution in [3.05, 3.63) is 47.2 Å². The largest absolute Gasteiger partial charge is 0.360 e. The summed E-state index contributed by atoms with van der Waals surface area (Å²) in [7, 11) is -3.46. The van der Waals surface area contributed by atoms with Gasteiger partial charge in [-0.15, -0.1) is 0 Å². The maximum Gasteiger partial charge on any atom is 0.238 e. The van der Waals surface area contributed by atoms with Gasteiger partial charge in [0.05, 0.1) is 5.75 Å². The van der Waals surface area contributed by atoms with Gasteiger partial charge < -0.3 is 4.52 Å². The van der Waals surface area contributed by atoms with E-state index in [4.69, 9.17) is 4.52 Å². The fourth-order valence-corrected chi connectivity index (χ4v) is 2.74. The first-order valence-electron chi connectivity index (χ1n) is 5.44. The molecule has 1 aromatic heterocycles. The minimum atomic E-state index is -3.46. The van der Waals surface area contributed by atoms with Crippen LogP contribution in [-0.2, 0) is 15.8 Å². The maximum atomic E-state index is 11.9. The molecule has 0 fully saturated rings. The number of sulfonamides is 1. The maximum absolute atomic E-state index is 11.9. The summed E-state index contributed by atoms with van der Waals surface area (Å²) < 4.78 is 31.0. The predicted octanol–water partition coefficient (Wildman–Crippen LogP) is 2.23.